The first-order valence-corrected chi connectivity index (χ1v) is 9.14. The maximum atomic E-state index is 13.3. The molecule has 1 aliphatic heterocycles. The molecule has 3 aromatic rings. The predicted octanol–water partition coefficient (Wildman–Crippen LogP) is 2.13. The van der Waals surface area contributed by atoms with Gasteiger partial charge < -0.3 is 4.90 Å². The second kappa shape index (κ2) is 5.39. The number of hydrogen-bond donors (Lipinski definition) is 0. The van der Waals surface area contributed by atoms with Gasteiger partial charge >= 0.3 is 0 Å². The summed E-state index contributed by atoms with van der Waals surface area (Å²) < 4.78 is 3.43. The quantitative estimate of drug-likeness (QED) is 0.712. The van der Waals surface area contributed by atoms with Crippen LogP contribution in [0.15, 0.2) is 30.9 Å². The van der Waals surface area contributed by atoms with E-state index in [1.165, 1.54) is 0 Å². The summed E-state index contributed by atoms with van der Waals surface area (Å²) in [6, 6.07) is 6.17. The molecular formula is C19H19N7O. The second-order valence-electron chi connectivity index (χ2n) is 7.55. The minimum atomic E-state index is -0.890. The van der Waals surface area contributed by atoms with E-state index >= 15 is 0 Å². The van der Waals surface area contributed by atoms with Gasteiger partial charge in [0.15, 0.2) is 0 Å². The van der Waals surface area contributed by atoms with Crippen LogP contribution >= 0.6 is 0 Å². The Morgan fingerprint density at radius 1 is 1.37 bits per heavy atom. The highest BCUT2D eigenvalue weighted by Crippen LogP contribution is 2.54. The van der Waals surface area contributed by atoms with Crippen molar-refractivity contribution in [3.8, 4) is 11.8 Å². The topological polar surface area (TPSA) is 92.1 Å². The first-order valence-electron chi connectivity index (χ1n) is 9.14. The highest BCUT2D eigenvalue weighted by molar-refractivity contribution is 6.05. The van der Waals surface area contributed by atoms with Crippen LogP contribution in [-0.4, -0.2) is 36.8 Å². The lowest BCUT2D eigenvalue weighted by atomic mass is 9.75. The van der Waals surface area contributed by atoms with Crippen molar-refractivity contribution in [2.45, 2.75) is 26.7 Å². The molecule has 4 heterocycles. The van der Waals surface area contributed by atoms with E-state index in [2.05, 4.69) is 21.3 Å². The van der Waals surface area contributed by atoms with Crippen molar-refractivity contribution in [1.29, 1.82) is 5.26 Å². The van der Waals surface area contributed by atoms with E-state index in [0.29, 0.717) is 12.4 Å². The van der Waals surface area contributed by atoms with Crippen molar-refractivity contribution in [3.05, 3.63) is 36.7 Å². The molecule has 2 aliphatic rings. The number of aromatic nitrogens is 5. The fraction of sp³-hybridized carbons (Fsp3) is 0.421. The third kappa shape index (κ3) is 2.14. The van der Waals surface area contributed by atoms with Crippen LogP contribution in [0, 0.1) is 35.5 Å². The second-order valence-corrected chi connectivity index (χ2v) is 7.55. The van der Waals surface area contributed by atoms with E-state index in [0.717, 1.165) is 29.7 Å². The van der Waals surface area contributed by atoms with Crippen LogP contribution in [0.25, 0.3) is 11.2 Å². The third-order valence-electron chi connectivity index (χ3n) is 5.87. The molecule has 3 aromatic heterocycles. The Balaban J connectivity index is 1.60. The Labute approximate surface area is 156 Å². The highest BCUT2D eigenvalue weighted by atomic mass is 16.2. The number of fused-ring (bicyclic) bond motifs is 1. The van der Waals surface area contributed by atoms with Crippen molar-refractivity contribution < 1.29 is 4.79 Å². The van der Waals surface area contributed by atoms with Crippen LogP contribution < -0.4 is 4.90 Å². The summed E-state index contributed by atoms with van der Waals surface area (Å²) in [6.45, 7) is 4.39. The average Bonchev–Trinajstić information content (AvgIpc) is 3.16. The minimum absolute atomic E-state index is 0.00288. The summed E-state index contributed by atoms with van der Waals surface area (Å²) in [4.78, 5) is 19.2. The van der Waals surface area contributed by atoms with Crippen molar-refractivity contribution in [3.63, 3.8) is 0 Å². The number of aryl methyl sites for hydroxylation is 1. The summed E-state index contributed by atoms with van der Waals surface area (Å²) in [7, 11) is 0. The predicted molar refractivity (Wildman–Crippen MR) is 97.1 cm³/mol. The molecule has 1 saturated carbocycles. The molecule has 1 saturated heterocycles. The summed E-state index contributed by atoms with van der Waals surface area (Å²) in [5, 5.41) is 18.6. The zero-order chi connectivity index (χ0) is 18.8. The van der Waals surface area contributed by atoms with E-state index in [4.69, 9.17) is 0 Å². The van der Waals surface area contributed by atoms with Crippen LogP contribution in [0.4, 0.5) is 5.69 Å². The fourth-order valence-electron chi connectivity index (χ4n) is 4.32. The molecule has 0 aromatic carbocycles. The number of carbonyl (C=O) groups excluding carboxylic acids is 1. The van der Waals surface area contributed by atoms with E-state index < -0.39 is 5.41 Å². The van der Waals surface area contributed by atoms with Gasteiger partial charge in [0.1, 0.15) is 17.6 Å². The summed E-state index contributed by atoms with van der Waals surface area (Å²) in [5.74, 6) is 0.800. The highest BCUT2D eigenvalue weighted by Gasteiger charge is 2.61. The number of anilines is 1. The molecule has 0 N–H and O–H groups in total. The Morgan fingerprint density at radius 2 is 2.19 bits per heavy atom. The molecule has 27 heavy (non-hydrogen) atoms. The molecule has 2 atom stereocenters. The largest absolute Gasteiger partial charge is 0.309 e. The van der Waals surface area contributed by atoms with Gasteiger partial charge in [-0.3, -0.25) is 4.79 Å². The smallest absolute Gasteiger partial charge is 0.248 e. The average molecular weight is 361 g/mol. The lowest BCUT2D eigenvalue weighted by Crippen LogP contribution is -2.37. The van der Waals surface area contributed by atoms with Gasteiger partial charge in [-0.05, 0) is 37.8 Å². The number of carbonyl (C=O) groups is 1. The van der Waals surface area contributed by atoms with E-state index in [1.54, 1.807) is 26.6 Å². The van der Waals surface area contributed by atoms with Crippen LogP contribution in [0.1, 0.15) is 25.6 Å². The summed E-state index contributed by atoms with van der Waals surface area (Å²) in [5.41, 5.74) is 1.52. The zero-order valence-electron chi connectivity index (χ0n) is 15.2. The molecule has 8 heteroatoms. The Morgan fingerprint density at radius 3 is 2.85 bits per heavy atom. The van der Waals surface area contributed by atoms with Gasteiger partial charge in [0.2, 0.25) is 5.91 Å². The number of nitriles is 1. The molecule has 1 amide bonds. The fourth-order valence-corrected chi connectivity index (χ4v) is 4.32. The maximum absolute atomic E-state index is 13.3. The van der Waals surface area contributed by atoms with Gasteiger partial charge in [-0.25, -0.2) is 14.2 Å². The molecule has 5 rings (SSSR count). The minimum Gasteiger partial charge on any atom is -0.309 e. The SMILES string of the molecule is Cc1ncn(-c2cc3c(N4C[C@@H](C)[C@@](C#N)(C5CC5)C4=O)ccnn3c2)n1. The standard InChI is InChI=1S/C19H19N7O/c1-12-8-24(18(27)19(12,10-20)14-3-4-14)16-5-6-22-25-9-15(7-17(16)25)26-11-21-13(2)23-26/h5-7,9,11-12,14H,3-4,8H2,1-2H3/t12-,19+/m1/s1. The molecule has 0 spiro atoms. The van der Waals surface area contributed by atoms with Gasteiger partial charge in [-0.15, -0.1) is 0 Å². The number of nitrogens with zero attached hydrogens (tertiary/aromatic N) is 7. The number of rotatable bonds is 3. The number of amides is 1. The maximum Gasteiger partial charge on any atom is 0.248 e. The first-order chi connectivity index (χ1) is 13.0. The van der Waals surface area contributed by atoms with Gasteiger partial charge in [0.25, 0.3) is 0 Å². The van der Waals surface area contributed by atoms with Crippen molar-refractivity contribution in [2.24, 2.45) is 17.3 Å². The summed E-state index contributed by atoms with van der Waals surface area (Å²) in [6.07, 6.45) is 7.12. The monoisotopic (exact) mass is 361 g/mol. The van der Waals surface area contributed by atoms with Gasteiger partial charge in [0.05, 0.1) is 29.2 Å². The van der Waals surface area contributed by atoms with Crippen molar-refractivity contribution in [2.75, 3.05) is 11.4 Å². The van der Waals surface area contributed by atoms with Crippen LogP contribution in [0.3, 0.4) is 0 Å². The molecule has 136 valence electrons. The van der Waals surface area contributed by atoms with Gasteiger partial charge in [-0.2, -0.15) is 15.5 Å². The number of hydrogen-bond acceptors (Lipinski definition) is 5. The Kier molecular flexibility index (Phi) is 3.20. The normalized spacial score (nSPS) is 25.3. The van der Waals surface area contributed by atoms with E-state index in [9.17, 15) is 10.1 Å². The Hall–Kier alpha value is -3.21. The molecule has 0 radical (unpaired) electrons. The molecular weight excluding hydrogens is 342 g/mol. The van der Waals surface area contributed by atoms with E-state index in [-0.39, 0.29) is 17.7 Å². The van der Waals surface area contributed by atoms with E-state index in [1.807, 2.05) is 32.2 Å². The van der Waals surface area contributed by atoms with Gasteiger partial charge in [0, 0.05) is 18.7 Å². The molecule has 1 aliphatic carbocycles. The first kappa shape index (κ1) is 16.0. The Bertz CT molecular complexity index is 1100. The van der Waals surface area contributed by atoms with Crippen LogP contribution in [0.2, 0.25) is 0 Å². The van der Waals surface area contributed by atoms with Crippen molar-refractivity contribution >= 4 is 17.1 Å². The lowest BCUT2D eigenvalue weighted by Gasteiger charge is -2.23. The van der Waals surface area contributed by atoms with Crippen LogP contribution in [0.5, 0.6) is 0 Å². The zero-order valence-corrected chi connectivity index (χ0v) is 15.2. The van der Waals surface area contributed by atoms with Crippen LogP contribution in [-0.2, 0) is 4.79 Å². The summed E-state index contributed by atoms with van der Waals surface area (Å²) >= 11 is 0. The lowest BCUT2D eigenvalue weighted by molar-refractivity contribution is -0.124. The van der Waals surface area contributed by atoms with Crippen molar-refractivity contribution in [1.82, 2.24) is 24.4 Å². The molecule has 2 fully saturated rings. The third-order valence-corrected chi connectivity index (χ3v) is 5.87. The van der Waals surface area contributed by atoms with Gasteiger partial charge in [-0.1, -0.05) is 6.92 Å². The molecule has 0 unspecified atom stereocenters. The molecule has 0 bridgehead atoms. The molecule has 8 nitrogen and oxygen atoms in total.